The van der Waals surface area contributed by atoms with Gasteiger partial charge in [0.15, 0.2) is 5.78 Å². The zero-order valence-electron chi connectivity index (χ0n) is 10.9. The second-order valence-corrected chi connectivity index (χ2v) is 4.29. The van der Waals surface area contributed by atoms with Crippen molar-refractivity contribution >= 4 is 22.8 Å². The molecule has 0 heterocycles. The van der Waals surface area contributed by atoms with E-state index in [1.54, 1.807) is 0 Å². The summed E-state index contributed by atoms with van der Waals surface area (Å²) in [6.45, 7) is 1.31. The fraction of sp³-hybridized carbons (Fsp3) is 0.0714. The maximum atomic E-state index is 13.6. The highest BCUT2D eigenvalue weighted by Gasteiger charge is 2.17. The molecule has 0 saturated heterocycles. The summed E-state index contributed by atoms with van der Waals surface area (Å²) in [6.07, 6.45) is 0. The third-order valence-electron chi connectivity index (χ3n) is 2.80. The predicted octanol–water partition coefficient (Wildman–Crippen LogP) is 3.82. The van der Waals surface area contributed by atoms with Crippen LogP contribution in [-0.4, -0.2) is 10.7 Å². The average molecular weight is 292 g/mol. The Morgan fingerprint density at radius 1 is 1.14 bits per heavy atom. The molecule has 0 radical (unpaired) electrons. The third kappa shape index (κ3) is 3.19. The lowest BCUT2D eigenvalue weighted by molar-refractivity contribution is -0.383. The van der Waals surface area contributed by atoms with Crippen LogP contribution < -0.4 is 5.32 Å². The first-order valence-corrected chi connectivity index (χ1v) is 5.90. The van der Waals surface area contributed by atoms with Gasteiger partial charge < -0.3 is 5.32 Å². The van der Waals surface area contributed by atoms with Crippen molar-refractivity contribution in [3.05, 3.63) is 63.7 Å². The summed E-state index contributed by atoms with van der Waals surface area (Å²) in [5.74, 6) is -1.94. The van der Waals surface area contributed by atoms with Crippen molar-refractivity contribution in [2.24, 2.45) is 0 Å². The molecule has 5 nitrogen and oxygen atoms in total. The number of hydrogen-bond acceptors (Lipinski definition) is 4. The van der Waals surface area contributed by atoms with Gasteiger partial charge in [0.05, 0.1) is 10.6 Å². The van der Waals surface area contributed by atoms with Crippen LogP contribution in [0, 0.1) is 21.7 Å². The van der Waals surface area contributed by atoms with Crippen molar-refractivity contribution in [3.8, 4) is 0 Å². The fourth-order valence-electron chi connectivity index (χ4n) is 1.75. The predicted molar refractivity (Wildman–Crippen MR) is 72.7 cm³/mol. The van der Waals surface area contributed by atoms with E-state index in [-0.39, 0.29) is 28.4 Å². The van der Waals surface area contributed by atoms with Gasteiger partial charge in [-0.3, -0.25) is 14.9 Å². The van der Waals surface area contributed by atoms with Crippen LogP contribution in [0.25, 0.3) is 0 Å². The second kappa shape index (κ2) is 5.66. The second-order valence-electron chi connectivity index (χ2n) is 4.29. The number of anilines is 2. The van der Waals surface area contributed by atoms with Gasteiger partial charge in [0, 0.05) is 17.7 Å². The molecule has 0 spiro atoms. The number of carbonyl (C=O) groups excluding carboxylic acids is 1. The van der Waals surface area contributed by atoms with E-state index in [2.05, 4.69) is 5.32 Å². The van der Waals surface area contributed by atoms with E-state index in [0.717, 1.165) is 18.2 Å². The van der Waals surface area contributed by atoms with E-state index in [9.17, 15) is 23.7 Å². The molecule has 0 saturated carbocycles. The minimum Gasteiger partial charge on any atom is -0.348 e. The Balaban J connectivity index is 2.48. The van der Waals surface area contributed by atoms with E-state index in [1.807, 2.05) is 0 Å². The molecule has 2 aromatic rings. The highest BCUT2D eigenvalue weighted by Crippen LogP contribution is 2.30. The van der Waals surface area contributed by atoms with Gasteiger partial charge in [0.25, 0.3) is 5.69 Å². The molecule has 0 fully saturated rings. The SMILES string of the molecule is CC(=O)c1ccc([N+](=O)[O-])c(Nc2ccc(F)cc2F)c1. The Morgan fingerprint density at radius 3 is 2.43 bits per heavy atom. The number of nitrogens with zero attached hydrogens (tertiary/aromatic N) is 1. The molecular weight excluding hydrogens is 282 g/mol. The number of rotatable bonds is 4. The molecule has 0 aliphatic carbocycles. The van der Waals surface area contributed by atoms with Gasteiger partial charge in [0.2, 0.25) is 0 Å². The summed E-state index contributed by atoms with van der Waals surface area (Å²) < 4.78 is 26.4. The molecule has 0 unspecified atom stereocenters. The van der Waals surface area contributed by atoms with Crippen LogP contribution in [-0.2, 0) is 0 Å². The monoisotopic (exact) mass is 292 g/mol. The van der Waals surface area contributed by atoms with E-state index >= 15 is 0 Å². The number of halogens is 2. The van der Waals surface area contributed by atoms with Crippen molar-refractivity contribution in [3.63, 3.8) is 0 Å². The number of Topliss-reactive ketones (excluding diaryl/α,β-unsaturated/α-hetero) is 1. The lowest BCUT2D eigenvalue weighted by Crippen LogP contribution is -2.01. The molecule has 1 N–H and O–H groups in total. The third-order valence-corrected chi connectivity index (χ3v) is 2.80. The average Bonchev–Trinajstić information content (AvgIpc) is 2.41. The van der Waals surface area contributed by atoms with Crippen LogP contribution in [0.2, 0.25) is 0 Å². The number of ketones is 1. The van der Waals surface area contributed by atoms with Gasteiger partial charge in [-0.2, -0.15) is 0 Å². The minimum atomic E-state index is -0.891. The smallest absolute Gasteiger partial charge is 0.292 e. The summed E-state index contributed by atoms with van der Waals surface area (Å²) in [7, 11) is 0. The van der Waals surface area contributed by atoms with Crippen molar-refractivity contribution in [2.45, 2.75) is 6.92 Å². The molecule has 0 atom stereocenters. The molecule has 2 aromatic carbocycles. The van der Waals surface area contributed by atoms with Gasteiger partial charge >= 0.3 is 0 Å². The van der Waals surface area contributed by atoms with Gasteiger partial charge in [0.1, 0.15) is 17.3 Å². The Morgan fingerprint density at radius 2 is 1.86 bits per heavy atom. The molecule has 0 aliphatic rings. The van der Waals surface area contributed by atoms with E-state index in [4.69, 9.17) is 0 Å². The number of hydrogen-bond donors (Lipinski definition) is 1. The first-order chi connectivity index (χ1) is 9.88. The molecule has 108 valence electrons. The van der Waals surface area contributed by atoms with Crippen LogP contribution >= 0.6 is 0 Å². The van der Waals surface area contributed by atoms with Gasteiger partial charge in [-0.05, 0) is 31.2 Å². The van der Waals surface area contributed by atoms with Gasteiger partial charge in [-0.1, -0.05) is 0 Å². The first kappa shape index (κ1) is 14.6. The molecule has 0 aliphatic heterocycles. The summed E-state index contributed by atoms with van der Waals surface area (Å²) >= 11 is 0. The number of nitrogens with one attached hydrogen (secondary N) is 1. The summed E-state index contributed by atoms with van der Waals surface area (Å²) in [6, 6.07) is 6.51. The Bertz CT molecular complexity index is 732. The molecule has 7 heteroatoms. The number of carbonyl (C=O) groups is 1. The number of benzene rings is 2. The number of nitro benzene ring substituents is 1. The highest BCUT2D eigenvalue weighted by atomic mass is 19.1. The lowest BCUT2D eigenvalue weighted by atomic mass is 10.1. The van der Waals surface area contributed by atoms with Crippen molar-refractivity contribution in [1.29, 1.82) is 0 Å². The van der Waals surface area contributed by atoms with Crippen molar-refractivity contribution in [2.75, 3.05) is 5.32 Å². The van der Waals surface area contributed by atoms with E-state index < -0.39 is 16.6 Å². The normalized spacial score (nSPS) is 10.2. The number of nitro groups is 1. The summed E-state index contributed by atoms with van der Waals surface area (Å²) in [4.78, 5) is 21.6. The van der Waals surface area contributed by atoms with Crippen LogP contribution in [0.4, 0.5) is 25.8 Å². The molecule has 0 aromatic heterocycles. The molecule has 2 rings (SSSR count). The van der Waals surface area contributed by atoms with Crippen LogP contribution in [0.3, 0.4) is 0 Å². The Labute approximate surface area is 118 Å². The summed E-state index contributed by atoms with van der Waals surface area (Å²) in [5.41, 5.74) is -0.243. The van der Waals surface area contributed by atoms with Crippen LogP contribution in [0.15, 0.2) is 36.4 Å². The standard InChI is InChI=1S/C14H10F2N2O3/c1-8(19)9-2-5-14(18(20)21)13(6-9)17-12-4-3-10(15)7-11(12)16/h2-7,17H,1H3. The zero-order chi connectivity index (χ0) is 15.6. The fourth-order valence-corrected chi connectivity index (χ4v) is 1.75. The van der Waals surface area contributed by atoms with Crippen molar-refractivity contribution in [1.82, 2.24) is 0 Å². The maximum absolute atomic E-state index is 13.6. The van der Waals surface area contributed by atoms with Crippen LogP contribution in [0.1, 0.15) is 17.3 Å². The molecule has 0 amide bonds. The van der Waals surface area contributed by atoms with E-state index in [0.29, 0.717) is 6.07 Å². The largest absolute Gasteiger partial charge is 0.348 e. The first-order valence-electron chi connectivity index (χ1n) is 5.90. The lowest BCUT2D eigenvalue weighted by Gasteiger charge is -2.09. The Kier molecular flexibility index (Phi) is 3.93. The molecule has 0 bridgehead atoms. The zero-order valence-corrected chi connectivity index (χ0v) is 10.9. The Hall–Kier alpha value is -2.83. The van der Waals surface area contributed by atoms with E-state index in [1.165, 1.54) is 19.1 Å². The topological polar surface area (TPSA) is 72.2 Å². The maximum Gasteiger partial charge on any atom is 0.292 e. The molecular formula is C14H10F2N2O3. The van der Waals surface area contributed by atoms with Crippen molar-refractivity contribution < 1.29 is 18.5 Å². The van der Waals surface area contributed by atoms with Crippen LogP contribution in [0.5, 0.6) is 0 Å². The quantitative estimate of drug-likeness (QED) is 0.528. The summed E-state index contributed by atoms with van der Waals surface area (Å²) in [5, 5.41) is 13.5. The van der Waals surface area contributed by atoms with Gasteiger partial charge in [-0.25, -0.2) is 8.78 Å². The van der Waals surface area contributed by atoms with Gasteiger partial charge in [-0.15, -0.1) is 0 Å². The minimum absolute atomic E-state index is 0.0433. The molecule has 21 heavy (non-hydrogen) atoms. The highest BCUT2D eigenvalue weighted by molar-refractivity contribution is 5.96.